The molecule has 0 saturated heterocycles. The molecule has 0 aromatic heterocycles. The number of aliphatic hydroxyl groups excluding tert-OH is 1. The Kier molecular flexibility index (Phi) is 3.77. The molecule has 0 unspecified atom stereocenters. The zero-order valence-electron chi connectivity index (χ0n) is 12.0. The maximum Gasteiger partial charge on any atom is 0.0761 e. The fraction of sp³-hybridized carbons (Fsp3) is 0.444. The van der Waals surface area contributed by atoms with Crippen LogP contribution in [-0.4, -0.2) is 11.2 Å². The third-order valence-electron chi connectivity index (χ3n) is 4.79. The molecule has 2 heteroatoms. The van der Waals surface area contributed by atoms with Gasteiger partial charge in [0.2, 0.25) is 0 Å². The van der Waals surface area contributed by atoms with Crippen molar-refractivity contribution in [1.29, 1.82) is 0 Å². The Balaban J connectivity index is 1.99. The molecule has 1 fully saturated rings. The van der Waals surface area contributed by atoms with Crippen LogP contribution in [0.5, 0.6) is 0 Å². The van der Waals surface area contributed by atoms with Crippen LogP contribution in [0.4, 0.5) is 0 Å². The summed E-state index contributed by atoms with van der Waals surface area (Å²) < 4.78 is 0. The summed E-state index contributed by atoms with van der Waals surface area (Å²) in [5, 5.41) is 13.0. The van der Waals surface area contributed by atoms with Crippen molar-refractivity contribution in [3.63, 3.8) is 0 Å². The highest BCUT2D eigenvalue weighted by Gasteiger charge is 2.29. The summed E-state index contributed by atoms with van der Waals surface area (Å²) in [5.74, 6) is 0.366. The zero-order valence-corrected chi connectivity index (χ0v) is 12.0. The van der Waals surface area contributed by atoms with Crippen molar-refractivity contribution < 1.29 is 5.11 Å². The summed E-state index contributed by atoms with van der Waals surface area (Å²) in [7, 11) is 0. The highest BCUT2D eigenvalue weighted by Crippen LogP contribution is 2.35. The molecule has 3 N–H and O–H groups in total. The van der Waals surface area contributed by atoms with Gasteiger partial charge in [0.15, 0.2) is 0 Å². The Hall–Kier alpha value is -1.38. The summed E-state index contributed by atoms with van der Waals surface area (Å²) >= 11 is 0. The monoisotopic (exact) mass is 269 g/mol. The van der Waals surface area contributed by atoms with Gasteiger partial charge in [0.1, 0.15) is 0 Å². The van der Waals surface area contributed by atoms with E-state index in [0.29, 0.717) is 5.92 Å². The van der Waals surface area contributed by atoms with Crippen molar-refractivity contribution in [2.45, 2.75) is 44.8 Å². The van der Waals surface area contributed by atoms with E-state index in [-0.39, 0.29) is 6.04 Å². The number of fused-ring (bicyclic) bond motifs is 1. The second-order valence-electron chi connectivity index (χ2n) is 6.08. The van der Waals surface area contributed by atoms with E-state index in [1.165, 1.54) is 29.2 Å². The predicted molar refractivity (Wildman–Crippen MR) is 83.6 cm³/mol. The van der Waals surface area contributed by atoms with E-state index < -0.39 is 6.10 Å². The van der Waals surface area contributed by atoms with Gasteiger partial charge in [-0.2, -0.15) is 0 Å². The summed E-state index contributed by atoms with van der Waals surface area (Å²) in [6, 6.07) is 12.2. The summed E-state index contributed by atoms with van der Waals surface area (Å²) in [6.07, 6.45) is 4.24. The van der Waals surface area contributed by atoms with Crippen molar-refractivity contribution in [1.82, 2.24) is 0 Å². The van der Waals surface area contributed by atoms with Crippen LogP contribution in [0, 0.1) is 12.8 Å². The number of hydrogen-bond donors (Lipinski definition) is 2. The molecule has 3 rings (SSSR count). The van der Waals surface area contributed by atoms with Gasteiger partial charge in [-0.1, -0.05) is 49.2 Å². The van der Waals surface area contributed by atoms with E-state index >= 15 is 0 Å². The quantitative estimate of drug-likeness (QED) is 0.892. The topological polar surface area (TPSA) is 46.2 Å². The predicted octanol–water partition coefficient (Wildman–Crippen LogP) is 3.70. The first kappa shape index (κ1) is 13.6. The van der Waals surface area contributed by atoms with E-state index in [1.54, 1.807) is 0 Å². The van der Waals surface area contributed by atoms with E-state index in [4.69, 9.17) is 5.73 Å². The van der Waals surface area contributed by atoms with Crippen LogP contribution in [0.25, 0.3) is 10.8 Å². The van der Waals surface area contributed by atoms with Crippen molar-refractivity contribution >= 4 is 10.8 Å². The SMILES string of the molecule is Cc1ccc([C@@H](N)[C@@H](O)C2CCCC2)c2ccccc12. The summed E-state index contributed by atoms with van der Waals surface area (Å²) in [6.45, 7) is 2.12. The van der Waals surface area contributed by atoms with Crippen molar-refractivity contribution in [3.05, 3.63) is 47.5 Å². The summed E-state index contributed by atoms with van der Waals surface area (Å²) in [4.78, 5) is 0. The van der Waals surface area contributed by atoms with Crippen molar-refractivity contribution in [3.8, 4) is 0 Å². The molecular weight excluding hydrogens is 246 g/mol. The average molecular weight is 269 g/mol. The second kappa shape index (κ2) is 5.55. The first-order chi connectivity index (χ1) is 9.68. The van der Waals surface area contributed by atoms with Gasteiger partial charge in [-0.15, -0.1) is 0 Å². The van der Waals surface area contributed by atoms with E-state index in [2.05, 4.69) is 37.3 Å². The van der Waals surface area contributed by atoms with Crippen LogP contribution in [0.3, 0.4) is 0 Å². The Morgan fingerprint density at radius 2 is 1.70 bits per heavy atom. The molecule has 106 valence electrons. The summed E-state index contributed by atoms with van der Waals surface area (Å²) in [5.41, 5.74) is 8.72. The maximum atomic E-state index is 10.6. The number of aryl methyl sites for hydroxylation is 1. The lowest BCUT2D eigenvalue weighted by atomic mass is 9.87. The average Bonchev–Trinajstić information content (AvgIpc) is 3.01. The molecule has 1 saturated carbocycles. The molecule has 0 heterocycles. The third kappa shape index (κ3) is 2.34. The third-order valence-corrected chi connectivity index (χ3v) is 4.79. The van der Waals surface area contributed by atoms with Gasteiger partial charge in [0.25, 0.3) is 0 Å². The Bertz CT molecular complexity index is 601. The molecular formula is C18H23NO. The number of aliphatic hydroxyl groups is 1. The minimum atomic E-state index is -0.427. The second-order valence-corrected chi connectivity index (χ2v) is 6.08. The molecule has 20 heavy (non-hydrogen) atoms. The van der Waals surface area contributed by atoms with Crippen LogP contribution in [-0.2, 0) is 0 Å². The molecule has 1 aliphatic carbocycles. The smallest absolute Gasteiger partial charge is 0.0761 e. The van der Waals surface area contributed by atoms with E-state index in [9.17, 15) is 5.11 Å². The number of nitrogens with two attached hydrogens (primary N) is 1. The Labute approximate surface area is 120 Å². The van der Waals surface area contributed by atoms with Crippen LogP contribution in [0.1, 0.15) is 42.9 Å². The number of hydrogen-bond acceptors (Lipinski definition) is 2. The number of benzene rings is 2. The first-order valence-corrected chi connectivity index (χ1v) is 7.60. The van der Waals surface area contributed by atoms with Gasteiger partial charge in [0.05, 0.1) is 12.1 Å². The van der Waals surface area contributed by atoms with Crippen molar-refractivity contribution in [2.24, 2.45) is 11.7 Å². The molecule has 2 aromatic carbocycles. The van der Waals surface area contributed by atoms with Gasteiger partial charge >= 0.3 is 0 Å². The Morgan fingerprint density at radius 1 is 1.05 bits per heavy atom. The van der Waals surface area contributed by atoms with Crippen LogP contribution < -0.4 is 5.73 Å². The lowest BCUT2D eigenvalue weighted by molar-refractivity contribution is 0.0849. The highest BCUT2D eigenvalue weighted by molar-refractivity contribution is 5.88. The lowest BCUT2D eigenvalue weighted by Gasteiger charge is -2.26. The molecule has 0 bridgehead atoms. The first-order valence-electron chi connectivity index (χ1n) is 7.60. The van der Waals surface area contributed by atoms with Crippen LogP contribution in [0.2, 0.25) is 0 Å². The van der Waals surface area contributed by atoms with Gasteiger partial charge in [-0.25, -0.2) is 0 Å². The highest BCUT2D eigenvalue weighted by atomic mass is 16.3. The van der Waals surface area contributed by atoms with Gasteiger partial charge < -0.3 is 10.8 Å². The molecule has 2 aromatic rings. The van der Waals surface area contributed by atoms with E-state index in [1.807, 2.05) is 6.07 Å². The lowest BCUT2D eigenvalue weighted by Crippen LogP contribution is -2.32. The molecule has 0 radical (unpaired) electrons. The fourth-order valence-corrected chi connectivity index (χ4v) is 3.54. The number of rotatable bonds is 3. The molecule has 2 atom stereocenters. The standard InChI is InChI=1S/C18H23NO/c1-12-10-11-16(15-9-5-4-8-14(12)15)17(19)18(20)13-6-2-3-7-13/h4-5,8-11,13,17-18,20H,2-3,6-7,19H2,1H3/t17-,18+/m1/s1. The van der Waals surface area contributed by atoms with Crippen LogP contribution in [0.15, 0.2) is 36.4 Å². The Morgan fingerprint density at radius 3 is 2.40 bits per heavy atom. The largest absolute Gasteiger partial charge is 0.391 e. The normalized spacial score (nSPS) is 19.4. The molecule has 2 nitrogen and oxygen atoms in total. The zero-order chi connectivity index (χ0) is 14.1. The minimum absolute atomic E-state index is 0.288. The molecule has 0 amide bonds. The minimum Gasteiger partial charge on any atom is -0.391 e. The van der Waals surface area contributed by atoms with Crippen LogP contribution >= 0.6 is 0 Å². The molecule has 1 aliphatic rings. The van der Waals surface area contributed by atoms with Gasteiger partial charge in [-0.05, 0) is 47.6 Å². The molecule has 0 aliphatic heterocycles. The maximum absolute atomic E-state index is 10.6. The van der Waals surface area contributed by atoms with E-state index in [0.717, 1.165) is 18.4 Å². The fourth-order valence-electron chi connectivity index (χ4n) is 3.54. The van der Waals surface area contributed by atoms with Gasteiger partial charge in [0, 0.05) is 0 Å². The molecule has 0 spiro atoms. The van der Waals surface area contributed by atoms with Crippen molar-refractivity contribution in [2.75, 3.05) is 0 Å². The van der Waals surface area contributed by atoms with Gasteiger partial charge in [-0.3, -0.25) is 0 Å².